The van der Waals surface area contributed by atoms with Gasteiger partial charge >= 0.3 is 0 Å². The van der Waals surface area contributed by atoms with E-state index in [0.717, 1.165) is 17.7 Å². The van der Waals surface area contributed by atoms with Crippen molar-refractivity contribution in [1.82, 2.24) is 0 Å². The predicted octanol–water partition coefficient (Wildman–Crippen LogP) is 3.44. The molecule has 2 atom stereocenters. The maximum atomic E-state index is 13.6. The molecule has 4 rings (SSSR count). The van der Waals surface area contributed by atoms with Crippen LogP contribution in [0.4, 0.5) is 5.69 Å². The Bertz CT molecular complexity index is 972. The molecular formula is C20H19NO3S2. The van der Waals surface area contributed by atoms with E-state index in [-0.39, 0.29) is 23.3 Å². The average Bonchev–Trinajstić information content (AvgIpc) is 3.04. The Morgan fingerprint density at radius 1 is 1.15 bits per heavy atom. The summed E-state index contributed by atoms with van der Waals surface area (Å²) in [6, 6.07) is 16.0. The van der Waals surface area contributed by atoms with Crippen molar-refractivity contribution >= 4 is 33.2 Å². The van der Waals surface area contributed by atoms with Crippen LogP contribution in [0.5, 0.6) is 0 Å². The number of rotatable bonds is 4. The summed E-state index contributed by atoms with van der Waals surface area (Å²) in [6.45, 7) is 3.72. The van der Waals surface area contributed by atoms with Gasteiger partial charge in [-0.05, 0) is 30.2 Å². The Balaban J connectivity index is 1.85. The van der Waals surface area contributed by atoms with E-state index in [9.17, 15) is 13.2 Å². The number of nitrogens with zero attached hydrogens (tertiary/aromatic N) is 1. The van der Waals surface area contributed by atoms with Crippen molar-refractivity contribution in [3.63, 3.8) is 0 Å². The van der Waals surface area contributed by atoms with Crippen LogP contribution in [0.3, 0.4) is 0 Å². The molecule has 134 valence electrons. The normalized spacial score (nSPS) is 24.8. The van der Waals surface area contributed by atoms with E-state index in [1.165, 1.54) is 17.8 Å². The van der Waals surface area contributed by atoms with Crippen LogP contribution in [0.25, 0.3) is 0 Å². The molecular weight excluding hydrogens is 366 g/mol. The van der Waals surface area contributed by atoms with E-state index >= 15 is 0 Å². The first-order valence-electron chi connectivity index (χ1n) is 8.47. The first kappa shape index (κ1) is 17.4. The third kappa shape index (κ3) is 2.36. The Morgan fingerprint density at radius 2 is 1.85 bits per heavy atom. The molecule has 1 saturated heterocycles. The minimum atomic E-state index is -3.88. The van der Waals surface area contributed by atoms with E-state index < -0.39 is 13.9 Å². The molecule has 2 aliphatic heterocycles. The summed E-state index contributed by atoms with van der Waals surface area (Å²) >= 11 is 1.24. The molecule has 0 N–H and O–H groups in total. The smallest absolute Gasteiger partial charge is 0.259 e. The molecule has 2 aliphatic rings. The van der Waals surface area contributed by atoms with Crippen LogP contribution >= 0.6 is 11.8 Å². The lowest BCUT2D eigenvalue weighted by atomic mass is 10.1. The first-order chi connectivity index (χ1) is 12.5. The van der Waals surface area contributed by atoms with Crippen molar-refractivity contribution in [3.05, 3.63) is 72.8 Å². The van der Waals surface area contributed by atoms with E-state index in [1.807, 2.05) is 24.3 Å². The number of carbonyl (C=O) groups excluding carboxylic acids is 1. The molecule has 26 heavy (non-hydrogen) atoms. The topological polar surface area (TPSA) is 54.5 Å². The lowest BCUT2D eigenvalue weighted by Gasteiger charge is -2.42. The zero-order valence-corrected chi connectivity index (χ0v) is 15.8. The van der Waals surface area contributed by atoms with E-state index in [2.05, 4.69) is 6.58 Å². The summed E-state index contributed by atoms with van der Waals surface area (Å²) in [4.78, 5) is 15.5. The van der Waals surface area contributed by atoms with Crippen molar-refractivity contribution in [2.45, 2.75) is 27.9 Å². The highest BCUT2D eigenvalue weighted by Gasteiger charge is 2.58. The Hall–Kier alpha value is -2.05. The Kier molecular flexibility index (Phi) is 4.20. The van der Waals surface area contributed by atoms with Crippen LogP contribution in [0.2, 0.25) is 0 Å². The first-order valence-corrected chi connectivity index (χ1v) is 10.9. The summed E-state index contributed by atoms with van der Waals surface area (Å²) in [5, 5.41) is 0. The number of hydrogen-bond donors (Lipinski definition) is 0. The van der Waals surface area contributed by atoms with Crippen LogP contribution in [0, 0.1) is 0 Å². The van der Waals surface area contributed by atoms with Gasteiger partial charge in [0.2, 0.25) is 13.9 Å². The number of anilines is 1. The van der Waals surface area contributed by atoms with Crippen molar-refractivity contribution in [3.8, 4) is 0 Å². The molecule has 0 spiro atoms. The number of hydrogen-bond acceptors (Lipinski definition) is 4. The molecule has 0 aromatic heterocycles. The van der Waals surface area contributed by atoms with Gasteiger partial charge in [0.25, 0.3) is 5.91 Å². The lowest BCUT2D eigenvalue weighted by Crippen LogP contribution is -2.58. The Labute approximate surface area is 157 Å². The molecule has 0 saturated carbocycles. The quantitative estimate of drug-likeness (QED) is 0.757. The molecule has 2 unspecified atom stereocenters. The zero-order valence-electron chi connectivity index (χ0n) is 14.2. The fourth-order valence-electron chi connectivity index (χ4n) is 3.77. The highest BCUT2D eigenvalue weighted by atomic mass is 32.3. The summed E-state index contributed by atoms with van der Waals surface area (Å²) in [5.74, 6) is 0.229. The van der Waals surface area contributed by atoms with Gasteiger partial charge in [-0.1, -0.05) is 42.5 Å². The fourth-order valence-corrected chi connectivity index (χ4v) is 7.63. The number of thioether (sulfide) groups is 1. The molecule has 6 heteroatoms. The highest BCUT2D eigenvalue weighted by Crippen LogP contribution is 2.49. The van der Waals surface area contributed by atoms with Gasteiger partial charge in [-0.3, -0.25) is 4.79 Å². The number of para-hydroxylation sites is 1. The fraction of sp³-hybridized carbons (Fsp3) is 0.250. The second-order valence-electron chi connectivity index (χ2n) is 6.54. The summed E-state index contributed by atoms with van der Waals surface area (Å²) in [6.07, 6.45) is 2.39. The predicted molar refractivity (Wildman–Crippen MR) is 105 cm³/mol. The summed E-state index contributed by atoms with van der Waals surface area (Å²) in [5.41, 5.74) is 1.93. The zero-order chi connectivity index (χ0) is 18.4. The average molecular weight is 386 g/mol. The second kappa shape index (κ2) is 6.28. The monoisotopic (exact) mass is 385 g/mol. The molecule has 2 aromatic carbocycles. The molecule has 0 bridgehead atoms. The third-order valence-corrected chi connectivity index (χ3v) is 9.50. The van der Waals surface area contributed by atoms with E-state index in [4.69, 9.17) is 0 Å². The molecule has 0 radical (unpaired) electrons. The maximum absolute atomic E-state index is 13.6. The number of allylic oxidation sites excluding steroid dienone is 1. The van der Waals surface area contributed by atoms with Crippen LogP contribution in [0.15, 0.2) is 72.1 Å². The largest absolute Gasteiger partial charge is 0.306 e. The van der Waals surface area contributed by atoms with Crippen LogP contribution in [-0.2, 0) is 21.1 Å². The number of amides is 1. The lowest BCUT2D eigenvalue weighted by molar-refractivity contribution is -0.119. The summed E-state index contributed by atoms with van der Waals surface area (Å²) < 4.78 is 25.4. The number of carbonyl (C=O) groups is 1. The Morgan fingerprint density at radius 3 is 2.58 bits per heavy atom. The second-order valence-corrected chi connectivity index (χ2v) is 10.3. The van der Waals surface area contributed by atoms with Crippen LogP contribution in [0.1, 0.15) is 12.0 Å². The number of fused-ring (bicyclic) bond motifs is 3. The minimum Gasteiger partial charge on any atom is -0.306 e. The van der Waals surface area contributed by atoms with Gasteiger partial charge < -0.3 is 4.90 Å². The molecule has 0 aliphatic carbocycles. The molecule has 1 fully saturated rings. The molecule has 1 amide bonds. The van der Waals surface area contributed by atoms with Crippen molar-refractivity contribution in [1.29, 1.82) is 0 Å². The van der Waals surface area contributed by atoms with Gasteiger partial charge in [0.15, 0.2) is 0 Å². The van der Waals surface area contributed by atoms with E-state index in [1.54, 1.807) is 35.2 Å². The van der Waals surface area contributed by atoms with Gasteiger partial charge in [-0.2, -0.15) is 0 Å². The van der Waals surface area contributed by atoms with Crippen molar-refractivity contribution in [2.24, 2.45) is 0 Å². The SMILES string of the molecule is C=CCC1(S(=O)(=O)c2ccccc2)SCC2Cc3ccccc3N2C1=O. The van der Waals surface area contributed by atoms with Gasteiger partial charge in [-0.25, -0.2) is 8.42 Å². The molecule has 4 nitrogen and oxygen atoms in total. The molecule has 2 heterocycles. The van der Waals surface area contributed by atoms with Gasteiger partial charge in [0.05, 0.1) is 10.9 Å². The molecule has 2 aromatic rings. The minimum absolute atomic E-state index is 0.00816. The number of benzene rings is 2. The van der Waals surface area contributed by atoms with Gasteiger partial charge in [-0.15, -0.1) is 18.3 Å². The standard InChI is InChI=1S/C20H19NO3S2/c1-2-12-20(26(23,24)17-9-4-3-5-10-17)19(22)21-16(14-25-20)13-15-8-6-7-11-18(15)21/h2-11,16H,1,12-14H2. The van der Waals surface area contributed by atoms with Crippen LogP contribution in [-0.4, -0.2) is 30.2 Å². The van der Waals surface area contributed by atoms with Crippen molar-refractivity contribution < 1.29 is 13.2 Å². The van der Waals surface area contributed by atoms with E-state index in [0.29, 0.717) is 5.75 Å². The third-order valence-electron chi connectivity index (χ3n) is 5.03. The summed E-state index contributed by atoms with van der Waals surface area (Å²) in [7, 11) is -3.88. The number of sulfone groups is 1. The van der Waals surface area contributed by atoms with Gasteiger partial charge in [0.1, 0.15) is 0 Å². The van der Waals surface area contributed by atoms with Crippen LogP contribution < -0.4 is 4.90 Å². The van der Waals surface area contributed by atoms with Crippen molar-refractivity contribution in [2.75, 3.05) is 10.7 Å². The highest BCUT2D eigenvalue weighted by molar-refractivity contribution is 8.16. The van der Waals surface area contributed by atoms with Gasteiger partial charge in [0, 0.05) is 17.9 Å². The maximum Gasteiger partial charge on any atom is 0.259 e.